The summed E-state index contributed by atoms with van der Waals surface area (Å²) in [5.41, 5.74) is 0. The lowest BCUT2D eigenvalue weighted by molar-refractivity contribution is 0.157. The van der Waals surface area contributed by atoms with Crippen LogP contribution in [0, 0.1) is 17.8 Å². The molecule has 1 aliphatic carbocycles. The van der Waals surface area contributed by atoms with E-state index in [0.29, 0.717) is 0 Å². The highest BCUT2D eigenvalue weighted by Gasteiger charge is 2.35. The Hall–Kier alpha value is -0.0800. The van der Waals surface area contributed by atoms with Gasteiger partial charge in [-0.3, -0.25) is 0 Å². The number of rotatable bonds is 3. The highest BCUT2D eigenvalue weighted by Crippen LogP contribution is 2.39. The van der Waals surface area contributed by atoms with E-state index in [-0.39, 0.29) is 0 Å². The molecule has 2 heteroatoms. The maximum atomic E-state index is 3.68. The van der Waals surface area contributed by atoms with Crippen LogP contribution in [0.15, 0.2) is 0 Å². The van der Waals surface area contributed by atoms with E-state index in [2.05, 4.69) is 17.1 Å². The molecule has 2 heterocycles. The highest BCUT2D eigenvalue weighted by atomic mass is 15.1. The van der Waals surface area contributed by atoms with Crippen molar-refractivity contribution < 1.29 is 0 Å². The van der Waals surface area contributed by atoms with Crippen molar-refractivity contribution in [1.82, 2.24) is 10.2 Å². The monoisotopic (exact) mass is 222 g/mol. The number of nitrogens with one attached hydrogen (secondary N) is 1. The summed E-state index contributed by atoms with van der Waals surface area (Å²) >= 11 is 0. The van der Waals surface area contributed by atoms with E-state index in [1.807, 2.05) is 0 Å². The van der Waals surface area contributed by atoms with Crippen LogP contribution in [0.3, 0.4) is 0 Å². The van der Waals surface area contributed by atoms with Crippen LogP contribution in [-0.2, 0) is 0 Å². The topological polar surface area (TPSA) is 15.3 Å². The van der Waals surface area contributed by atoms with Crippen molar-refractivity contribution in [2.45, 2.75) is 45.1 Å². The Balaban J connectivity index is 1.41. The van der Waals surface area contributed by atoms with Gasteiger partial charge in [0.1, 0.15) is 0 Å². The maximum Gasteiger partial charge on any atom is 0.00967 e. The van der Waals surface area contributed by atoms with Gasteiger partial charge in [-0.2, -0.15) is 0 Å². The maximum absolute atomic E-state index is 3.68. The normalized spacial score (nSPS) is 41.4. The fourth-order valence-electron chi connectivity index (χ4n) is 3.64. The molecule has 0 aromatic carbocycles. The zero-order valence-corrected chi connectivity index (χ0v) is 10.6. The Morgan fingerprint density at radius 2 is 1.94 bits per heavy atom. The number of hydrogen-bond acceptors (Lipinski definition) is 2. The van der Waals surface area contributed by atoms with Crippen molar-refractivity contribution in [3.63, 3.8) is 0 Å². The number of nitrogens with zero attached hydrogens (tertiary/aromatic N) is 1. The molecule has 3 fully saturated rings. The van der Waals surface area contributed by atoms with Crippen molar-refractivity contribution in [3.05, 3.63) is 0 Å². The second-order valence-electron chi connectivity index (χ2n) is 6.31. The van der Waals surface area contributed by atoms with Crippen molar-refractivity contribution >= 4 is 0 Å². The fraction of sp³-hybridized carbons (Fsp3) is 1.00. The molecule has 3 aliphatic rings. The number of likely N-dealkylation sites (tertiary alicyclic amines) is 1. The fourth-order valence-corrected chi connectivity index (χ4v) is 3.64. The average molecular weight is 222 g/mol. The molecule has 0 amide bonds. The van der Waals surface area contributed by atoms with Crippen LogP contribution in [0.4, 0.5) is 0 Å². The lowest BCUT2D eigenvalue weighted by Gasteiger charge is -2.35. The van der Waals surface area contributed by atoms with Gasteiger partial charge in [-0.15, -0.1) is 0 Å². The summed E-state index contributed by atoms with van der Waals surface area (Å²) in [4.78, 5) is 2.72. The first-order chi connectivity index (χ1) is 7.83. The molecule has 3 atom stereocenters. The summed E-state index contributed by atoms with van der Waals surface area (Å²) in [6, 6.07) is 0.863. The molecule has 3 rings (SSSR count). The molecular weight excluding hydrogens is 196 g/mol. The van der Waals surface area contributed by atoms with Gasteiger partial charge in [0.15, 0.2) is 0 Å². The predicted molar refractivity (Wildman–Crippen MR) is 67.5 cm³/mol. The standard InChI is InChI=1S/C14H26N2/c1-11-9-13(11)10-16-7-4-12(5-8-16)14-3-2-6-15-14/h11-15H,2-10H2,1H3. The summed E-state index contributed by atoms with van der Waals surface area (Å²) in [5, 5.41) is 3.68. The summed E-state index contributed by atoms with van der Waals surface area (Å²) < 4.78 is 0. The van der Waals surface area contributed by atoms with Gasteiger partial charge in [0.05, 0.1) is 0 Å². The zero-order valence-electron chi connectivity index (χ0n) is 10.6. The third-order valence-corrected chi connectivity index (χ3v) is 5.07. The molecular formula is C14H26N2. The Morgan fingerprint density at radius 1 is 1.19 bits per heavy atom. The van der Waals surface area contributed by atoms with Gasteiger partial charge in [-0.05, 0) is 69.5 Å². The molecule has 1 saturated carbocycles. The van der Waals surface area contributed by atoms with Crippen LogP contribution in [0.25, 0.3) is 0 Å². The summed E-state index contributed by atoms with van der Waals surface area (Å²) in [5.74, 6) is 3.05. The SMILES string of the molecule is CC1CC1CN1CCC(C2CCCN2)CC1. The lowest BCUT2D eigenvalue weighted by Crippen LogP contribution is -2.41. The van der Waals surface area contributed by atoms with Gasteiger partial charge in [0, 0.05) is 12.6 Å². The van der Waals surface area contributed by atoms with Gasteiger partial charge in [0.2, 0.25) is 0 Å². The molecule has 0 bridgehead atoms. The lowest BCUT2D eigenvalue weighted by atomic mass is 9.88. The predicted octanol–water partition coefficient (Wildman–Crippen LogP) is 2.11. The minimum Gasteiger partial charge on any atom is -0.314 e. The molecule has 2 saturated heterocycles. The van der Waals surface area contributed by atoms with Crippen LogP contribution >= 0.6 is 0 Å². The minimum absolute atomic E-state index is 0.863. The number of piperidine rings is 1. The van der Waals surface area contributed by atoms with Crippen LogP contribution in [-0.4, -0.2) is 37.1 Å². The van der Waals surface area contributed by atoms with E-state index >= 15 is 0 Å². The molecule has 0 aromatic heterocycles. The molecule has 2 nitrogen and oxygen atoms in total. The third-order valence-electron chi connectivity index (χ3n) is 5.07. The van der Waals surface area contributed by atoms with E-state index in [4.69, 9.17) is 0 Å². The smallest absolute Gasteiger partial charge is 0.00967 e. The summed E-state index contributed by atoms with van der Waals surface area (Å²) in [7, 11) is 0. The largest absolute Gasteiger partial charge is 0.314 e. The van der Waals surface area contributed by atoms with Gasteiger partial charge >= 0.3 is 0 Å². The van der Waals surface area contributed by atoms with E-state index in [9.17, 15) is 0 Å². The quantitative estimate of drug-likeness (QED) is 0.787. The van der Waals surface area contributed by atoms with E-state index in [0.717, 1.165) is 23.8 Å². The Kier molecular flexibility index (Phi) is 3.21. The average Bonchev–Trinajstić information content (AvgIpc) is 2.83. The molecule has 0 radical (unpaired) electrons. The van der Waals surface area contributed by atoms with E-state index in [1.165, 1.54) is 58.3 Å². The molecule has 0 spiro atoms. The molecule has 1 N–H and O–H groups in total. The van der Waals surface area contributed by atoms with Crippen LogP contribution in [0.5, 0.6) is 0 Å². The Morgan fingerprint density at radius 3 is 2.50 bits per heavy atom. The van der Waals surface area contributed by atoms with Crippen molar-refractivity contribution in [2.24, 2.45) is 17.8 Å². The van der Waals surface area contributed by atoms with Gasteiger partial charge in [-0.1, -0.05) is 6.92 Å². The van der Waals surface area contributed by atoms with Gasteiger partial charge in [0.25, 0.3) is 0 Å². The molecule has 92 valence electrons. The third kappa shape index (κ3) is 2.43. The summed E-state index contributed by atoms with van der Waals surface area (Å²) in [6.07, 6.45) is 7.22. The zero-order chi connectivity index (χ0) is 11.0. The van der Waals surface area contributed by atoms with Crippen molar-refractivity contribution in [3.8, 4) is 0 Å². The molecule has 2 aliphatic heterocycles. The van der Waals surface area contributed by atoms with Crippen LogP contribution in [0.1, 0.15) is 39.0 Å². The molecule has 16 heavy (non-hydrogen) atoms. The minimum atomic E-state index is 0.863. The van der Waals surface area contributed by atoms with E-state index < -0.39 is 0 Å². The summed E-state index contributed by atoms with van der Waals surface area (Å²) in [6.45, 7) is 7.80. The number of hydrogen-bond donors (Lipinski definition) is 1. The first-order valence-electron chi connectivity index (χ1n) is 7.28. The van der Waals surface area contributed by atoms with Gasteiger partial charge < -0.3 is 10.2 Å². The Bertz CT molecular complexity index is 227. The van der Waals surface area contributed by atoms with E-state index in [1.54, 1.807) is 0 Å². The van der Waals surface area contributed by atoms with Crippen molar-refractivity contribution in [1.29, 1.82) is 0 Å². The molecule has 3 unspecified atom stereocenters. The molecule has 0 aromatic rings. The first kappa shape index (κ1) is 11.0. The Labute approximate surface area is 99.8 Å². The second-order valence-corrected chi connectivity index (χ2v) is 6.31. The van der Waals surface area contributed by atoms with Crippen LogP contribution < -0.4 is 5.32 Å². The second kappa shape index (κ2) is 4.66. The van der Waals surface area contributed by atoms with Crippen molar-refractivity contribution in [2.75, 3.05) is 26.2 Å². The highest BCUT2D eigenvalue weighted by molar-refractivity contribution is 4.89. The van der Waals surface area contributed by atoms with Gasteiger partial charge in [-0.25, -0.2) is 0 Å². The first-order valence-corrected chi connectivity index (χ1v) is 7.28. The van der Waals surface area contributed by atoms with Crippen LogP contribution in [0.2, 0.25) is 0 Å².